The van der Waals surface area contributed by atoms with Crippen LogP contribution in [-0.2, 0) is 16.0 Å². The number of carbonyl (C=O) groups is 2. The van der Waals surface area contributed by atoms with Gasteiger partial charge in [-0.05, 0) is 19.3 Å². The maximum Gasteiger partial charge on any atom is 0.303 e. The second-order valence-corrected chi connectivity index (χ2v) is 5.86. The number of rotatable bonds is 9. The van der Waals surface area contributed by atoms with Gasteiger partial charge in [0.1, 0.15) is 5.78 Å². The second kappa shape index (κ2) is 8.04. The van der Waals surface area contributed by atoms with Crippen LogP contribution in [0, 0.1) is 0 Å². The van der Waals surface area contributed by atoms with E-state index < -0.39 is 5.97 Å². The number of hydrogen-bond acceptors (Lipinski definition) is 4. The van der Waals surface area contributed by atoms with Gasteiger partial charge in [0.25, 0.3) is 0 Å². The van der Waals surface area contributed by atoms with Gasteiger partial charge in [0.2, 0.25) is 0 Å². The molecular weight excluding hydrogens is 262 g/mol. The Balaban J connectivity index is 2.18. The second-order valence-electron chi connectivity index (χ2n) is 4.97. The molecule has 0 unspecified atom stereocenters. The van der Waals surface area contributed by atoms with Crippen molar-refractivity contribution in [3.63, 3.8) is 0 Å². The Morgan fingerprint density at radius 2 is 1.95 bits per heavy atom. The average molecular weight is 283 g/mol. The van der Waals surface area contributed by atoms with Crippen molar-refractivity contribution in [3.8, 4) is 0 Å². The first-order chi connectivity index (χ1) is 8.99. The average Bonchev–Trinajstić information content (AvgIpc) is 2.77. The van der Waals surface area contributed by atoms with Crippen molar-refractivity contribution in [3.05, 3.63) is 16.1 Å². The van der Waals surface area contributed by atoms with E-state index in [9.17, 15) is 9.59 Å². The van der Waals surface area contributed by atoms with Crippen LogP contribution in [0.1, 0.15) is 62.6 Å². The molecule has 0 bridgehead atoms. The molecule has 0 aliphatic carbocycles. The lowest BCUT2D eigenvalue weighted by Gasteiger charge is -2.00. The molecule has 0 aliphatic rings. The monoisotopic (exact) mass is 283 g/mol. The molecule has 106 valence electrons. The van der Waals surface area contributed by atoms with Crippen LogP contribution in [-0.4, -0.2) is 21.8 Å². The number of hydrogen-bond donors (Lipinski definition) is 1. The molecule has 0 fully saturated rings. The number of carboxylic acid groups (broad SMARTS) is 1. The predicted molar refractivity (Wildman–Crippen MR) is 75.6 cm³/mol. The minimum absolute atomic E-state index is 0.0789. The number of ketones is 1. The van der Waals surface area contributed by atoms with Crippen LogP contribution in [0.2, 0.25) is 0 Å². The Morgan fingerprint density at radius 3 is 2.53 bits per heavy atom. The molecule has 19 heavy (non-hydrogen) atoms. The first-order valence-corrected chi connectivity index (χ1v) is 7.54. The summed E-state index contributed by atoms with van der Waals surface area (Å²) in [6.45, 7) is 4.24. The SMILES string of the molecule is CC(C)c1nc(CCCC(=O)CCCC(=O)O)cs1. The smallest absolute Gasteiger partial charge is 0.303 e. The molecular formula is C14H21NO3S. The maximum absolute atomic E-state index is 11.5. The van der Waals surface area contributed by atoms with Crippen LogP contribution in [0.3, 0.4) is 0 Å². The number of aryl methyl sites for hydroxylation is 1. The number of carboxylic acids is 1. The zero-order valence-electron chi connectivity index (χ0n) is 11.5. The van der Waals surface area contributed by atoms with Crippen LogP contribution in [0.5, 0.6) is 0 Å². The van der Waals surface area contributed by atoms with E-state index in [2.05, 4.69) is 24.2 Å². The van der Waals surface area contributed by atoms with Crippen LogP contribution >= 0.6 is 11.3 Å². The van der Waals surface area contributed by atoms with Crippen LogP contribution in [0.4, 0.5) is 0 Å². The predicted octanol–water partition coefficient (Wildman–Crippen LogP) is 3.41. The molecule has 1 aromatic heterocycles. The van der Waals surface area contributed by atoms with Crippen molar-refractivity contribution in [2.24, 2.45) is 0 Å². The van der Waals surface area contributed by atoms with E-state index in [1.807, 2.05) is 0 Å². The quantitative estimate of drug-likeness (QED) is 0.754. The molecule has 0 amide bonds. The molecule has 5 heteroatoms. The Kier molecular flexibility index (Phi) is 6.70. The molecule has 0 saturated heterocycles. The zero-order chi connectivity index (χ0) is 14.3. The van der Waals surface area contributed by atoms with E-state index in [1.165, 1.54) is 0 Å². The summed E-state index contributed by atoms with van der Waals surface area (Å²) < 4.78 is 0. The number of nitrogens with zero attached hydrogens (tertiary/aromatic N) is 1. The third kappa shape index (κ3) is 6.47. The molecule has 1 aromatic rings. The summed E-state index contributed by atoms with van der Waals surface area (Å²) in [6, 6.07) is 0. The molecule has 0 aromatic carbocycles. The summed E-state index contributed by atoms with van der Waals surface area (Å²) in [6.07, 6.45) is 3.05. The first kappa shape index (κ1) is 15.8. The number of thiazole rings is 1. The highest BCUT2D eigenvalue weighted by atomic mass is 32.1. The van der Waals surface area contributed by atoms with Gasteiger partial charge in [-0.25, -0.2) is 4.98 Å². The Hall–Kier alpha value is -1.23. The lowest BCUT2D eigenvalue weighted by Crippen LogP contribution is -2.01. The number of carbonyl (C=O) groups excluding carboxylic acids is 1. The van der Waals surface area contributed by atoms with Gasteiger partial charge in [-0.1, -0.05) is 13.8 Å². The van der Waals surface area contributed by atoms with Crippen LogP contribution in [0.25, 0.3) is 0 Å². The van der Waals surface area contributed by atoms with Gasteiger partial charge < -0.3 is 5.11 Å². The van der Waals surface area contributed by atoms with E-state index in [4.69, 9.17) is 5.11 Å². The Morgan fingerprint density at radius 1 is 1.26 bits per heavy atom. The summed E-state index contributed by atoms with van der Waals surface area (Å²) in [7, 11) is 0. The molecule has 0 atom stereocenters. The van der Waals surface area contributed by atoms with Gasteiger partial charge in [-0.2, -0.15) is 0 Å². The normalized spacial score (nSPS) is 10.9. The lowest BCUT2D eigenvalue weighted by molar-refractivity contribution is -0.137. The van der Waals surface area contributed by atoms with Gasteiger partial charge in [0.15, 0.2) is 0 Å². The number of aliphatic carboxylic acids is 1. The molecule has 0 saturated carbocycles. The third-order valence-corrected chi connectivity index (χ3v) is 3.99. The summed E-state index contributed by atoms with van der Waals surface area (Å²) in [5.41, 5.74) is 1.06. The summed E-state index contributed by atoms with van der Waals surface area (Å²) >= 11 is 1.67. The number of Topliss-reactive ketones (excluding diaryl/α,β-unsaturated/α-hetero) is 1. The molecule has 1 rings (SSSR count). The largest absolute Gasteiger partial charge is 0.481 e. The fraction of sp³-hybridized carbons (Fsp3) is 0.643. The maximum atomic E-state index is 11.5. The number of aromatic nitrogens is 1. The van der Waals surface area contributed by atoms with Crippen LogP contribution in [0.15, 0.2) is 5.38 Å². The van der Waals surface area contributed by atoms with E-state index in [1.54, 1.807) is 11.3 Å². The zero-order valence-corrected chi connectivity index (χ0v) is 12.3. The van der Waals surface area contributed by atoms with Gasteiger partial charge in [0, 0.05) is 30.6 Å². The van der Waals surface area contributed by atoms with Crippen LogP contribution < -0.4 is 0 Å². The van der Waals surface area contributed by atoms with Gasteiger partial charge in [0.05, 0.1) is 10.7 Å². The van der Waals surface area contributed by atoms with E-state index in [0.29, 0.717) is 25.2 Å². The molecule has 1 N–H and O–H groups in total. The van der Waals surface area contributed by atoms with Gasteiger partial charge in [-0.3, -0.25) is 9.59 Å². The minimum atomic E-state index is -0.837. The van der Waals surface area contributed by atoms with Crippen molar-refractivity contribution in [2.75, 3.05) is 0 Å². The van der Waals surface area contributed by atoms with E-state index >= 15 is 0 Å². The third-order valence-electron chi connectivity index (χ3n) is 2.80. The van der Waals surface area contributed by atoms with E-state index in [-0.39, 0.29) is 12.2 Å². The van der Waals surface area contributed by atoms with Crippen molar-refractivity contribution < 1.29 is 14.7 Å². The van der Waals surface area contributed by atoms with Gasteiger partial charge in [-0.15, -0.1) is 11.3 Å². The van der Waals surface area contributed by atoms with Crippen molar-refractivity contribution >= 4 is 23.1 Å². The van der Waals surface area contributed by atoms with Crippen molar-refractivity contribution in [1.29, 1.82) is 0 Å². The molecule has 0 spiro atoms. The molecule has 0 radical (unpaired) electrons. The molecule has 1 heterocycles. The van der Waals surface area contributed by atoms with E-state index in [0.717, 1.165) is 23.5 Å². The topological polar surface area (TPSA) is 67.3 Å². The van der Waals surface area contributed by atoms with Gasteiger partial charge >= 0.3 is 5.97 Å². The Labute approximate surface area is 117 Å². The first-order valence-electron chi connectivity index (χ1n) is 6.67. The highest BCUT2D eigenvalue weighted by Crippen LogP contribution is 2.20. The van der Waals surface area contributed by atoms with Crippen molar-refractivity contribution in [2.45, 2.75) is 58.3 Å². The highest BCUT2D eigenvalue weighted by molar-refractivity contribution is 7.09. The lowest BCUT2D eigenvalue weighted by atomic mass is 10.1. The standard InChI is InChI=1S/C14H21NO3S/c1-10(2)14-15-11(9-19-14)5-3-6-12(16)7-4-8-13(17)18/h9-10H,3-8H2,1-2H3,(H,17,18). The summed E-state index contributed by atoms with van der Waals surface area (Å²) in [5, 5.41) is 11.7. The molecule has 4 nitrogen and oxygen atoms in total. The molecule has 0 aliphatic heterocycles. The fourth-order valence-electron chi connectivity index (χ4n) is 1.73. The van der Waals surface area contributed by atoms with Crippen molar-refractivity contribution in [1.82, 2.24) is 4.98 Å². The highest BCUT2D eigenvalue weighted by Gasteiger charge is 2.07. The minimum Gasteiger partial charge on any atom is -0.481 e. The Bertz CT molecular complexity index is 426. The summed E-state index contributed by atoms with van der Waals surface area (Å²) in [4.78, 5) is 26.4. The fourth-order valence-corrected chi connectivity index (χ4v) is 2.60. The summed E-state index contributed by atoms with van der Waals surface area (Å²) in [5.74, 6) is -0.228.